The number of carboxylic acid groups (broad SMARTS) is 1. The van der Waals surface area contributed by atoms with E-state index in [9.17, 15) is 4.79 Å². The second-order valence-corrected chi connectivity index (χ2v) is 4.60. The standard InChI is InChI=1S/C15H23NO2/c1-3-5-6-9-12(4-2)16-14-11-8-7-10-13(14)15(17)18/h7-8,10-12,16H,3-6,9H2,1-2H3,(H,17,18). The van der Waals surface area contributed by atoms with Gasteiger partial charge in [0.2, 0.25) is 0 Å². The maximum Gasteiger partial charge on any atom is 0.337 e. The number of benzene rings is 1. The number of anilines is 1. The maximum atomic E-state index is 11.1. The first-order chi connectivity index (χ1) is 8.69. The molecule has 1 atom stereocenters. The zero-order valence-electron chi connectivity index (χ0n) is 11.3. The Hall–Kier alpha value is -1.51. The lowest BCUT2D eigenvalue weighted by Crippen LogP contribution is -2.20. The molecule has 3 heteroatoms. The smallest absolute Gasteiger partial charge is 0.337 e. The monoisotopic (exact) mass is 249 g/mol. The average Bonchev–Trinajstić information content (AvgIpc) is 2.38. The molecule has 0 saturated carbocycles. The van der Waals surface area contributed by atoms with E-state index in [1.807, 2.05) is 12.1 Å². The summed E-state index contributed by atoms with van der Waals surface area (Å²) < 4.78 is 0. The van der Waals surface area contributed by atoms with Crippen molar-refractivity contribution in [1.82, 2.24) is 0 Å². The van der Waals surface area contributed by atoms with Crippen LogP contribution in [-0.4, -0.2) is 17.1 Å². The minimum Gasteiger partial charge on any atom is -0.478 e. The SMILES string of the molecule is CCCCCC(CC)Nc1ccccc1C(=O)O. The molecule has 100 valence electrons. The minimum atomic E-state index is -0.874. The number of carbonyl (C=O) groups is 1. The third kappa shape index (κ3) is 4.40. The maximum absolute atomic E-state index is 11.1. The second kappa shape index (κ2) is 7.75. The van der Waals surface area contributed by atoms with E-state index < -0.39 is 5.97 Å². The van der Waals surface area contributed by atoms with Gasteiger partial charge in [0.05, 0.1) is 5.56 Å². The van der Waals surface area contributed by atoms with Crippen LogP contribution in [0.25, 0.3) is 0 Å². The summed E-state index contributed by atoms with van der Waals surface area (Å²) in [6.45, 7) is 4.32. The second-order valence-electron chi connectivity index (χ2n) is 4.60. The van der Waals surface area contributed by atoms with Gasteiger partial charge >= 0.3 is 5.97 Å². The molecule has 0 aliphatic rings. The fourth-order valence-electron chi connectivity index (χ4n) is 2.03. The van der Waals surface area contributed by atoms with Gasteiger partial charge in [-0.1, -0.05) is 45.2 Å². The van der Waals surface area contributed by atoms with Gasteiger partial charge in [-0.2, -0.15) is 0 Å². The lowest BCUT2D eigenvalue weighted by Gasteiger charge is -2.19. The summed E-state index contributed by atoms with van der Waals surface area (Å²) in [6, 6.07) is 7.47. The van der Waals surface area contributed by atoms with Crippen LogP contribution in [-0.2, 0) is 0 Å². The number of para-hydroxylation sites is 1. The number of unbranched alkanes of at least 4 members (excludes halogenated alkanes) is 2. The fourth-order valence-corrected chi connectivity index (χ4v) is 2.03. The Balaban J connectivity index is 2.66. The van der Waals surface area contributed by atoms with E-state index in [1.54, 1.807) is 12.1 Å². The lowest BCUT2D eigenvalue weighted by atomic mass is 10.0. The molecule has 2 N–H and O–H groups in total. The zero-order valence-corrected chi connectivity index (χ0v) is 11.3. The molecule has 1 aromatic rings. The molecule has 1 rings (SSSR count). The van der Waals surface area contributed by atoms with Crippen molar-refractivity contribution < 1.29 is 9.90 Å². The molecule has 0 saturated heterocycles. The molecule has 0 bridgehead atoms. The van der Waals surface area contributed by atoms with Crippen molar-refractivity contribution in [2.24, 2.45) is 0 Å². The van der Waals surface area contributed by atoms with Gasteiger partial charge in [-0.05, 0) is 25.0 Å². The Morgan fingerprint density at radius 2 is 2.00 bits per heavy atom. The molecule has 1 unspecified atom stereocenters. The van der Waals surface area contributed by atoms with Gasteiger partial charge in [-0.25, -0.2) is 4.79 Å². The number of hydrogen-bond donors (Lipinski definition) is 2. The number of aromatic carboxylic acids is 1. The lowest BCUT2D eigenvalue weighted by molar-refractivity contribution is 0.0698. The molecular weight excluding hydrogens is 226 g/mol. The first-order valence-corrected chi connectivity index (χ1v) is 6.77. The Labute approximate surface area is 109 Å². The van der Waals surface area contributed by atoms with E-state index in [0.717, 1.165) is 18.5 Å². The van der Waals surface area contributed by atoms with Crippen molar-refractivity contribution >= 4 is 11.7 Å². The molecule has 0 spiro atoms. The summed E-state index contributed by atoms with van der Waals surface area (Å²) in [5.41, 5.74) is 1.08. The third-order valence-electron chi connectivity index (χ3n) is 3.17. The van der Waals surface area contributed by atoms with Gasteiger partial charge in [0.25, 0.3) is 0 Å². The van der Waals surface area contributed by atoms with Crippen molar-refractivity contribution in [1.29, 1.82) is 0 Å². The number of rotatable bonds is 8. The highest BCUT2D eigenvalue weighted by atomic mass is 16.4. The quantitative estimate of drug-likeness (QED) is 0.680. The molecule has 3 nitrogen and oxygen atoms in total. The fraction of sp³-hybridized carbons (Fsp3) is 0.533. The molecule has 18 heavy (non-hydrogen) atoms. The van der Waals surface area contributed by atoms with Crippen molar-refractivity contribution in [3.8, 4) is 0 Å². The summed E-state index contributed by atoms with van der Waals surface area (Å²) in [5, 5.41) is 12.5. The molecule has 0 aliphatic carbocycles. The Morgan fingerprint density at radius 1 is 1.28 bits per heavy atom. The number of nitrogens with one attached hydrogen (secondary N) is 1. The molecular formula is C15H23NO2. The first-order valence-electron chi connectivity index (χ1n) is 6.77. The minimum absolute atomic E-state index is 0.353. The van der Waals surface area contributed by atoms with Crippen LogP contribution in [0.15, 0.2) is 24.3 Å². The average molecular weight is 249 g/mol. The van der Waals surface area contributed by atoms with Crippen LogP contribution in [0, 0.1) is 0 Å². The van der Waals surface area contributed by atoms with Gasteiger partial charge in [-0.15, -0.1) is 0 Å². The molecule has 0 aromatic heterocycles. The summed E-state index contributed by atoms with van der Waals surface area (Å²) in [5.74, 6) is -0.874. The molecule has 0 radical (unpaired) electrons. The summed E-state index contributed by atoms with van der Waals surface area (Å²) in [6.07, 6.45) is 5.74. The predicted octanol–water partition coefficient (Wildman–Crippen LogP) is 4.16. The van der Waals surface area contributed by atoms with Gasteiger partial charge < -0.3 is 10.4 Å². The van der Waals surface area contributed by atoms with E-state index in [1.165, 1.54) is 19.3 Å². The van der Waals surface area contributed by atoms with Crippen LogP contribution in [0.1, 0.15) is 56.3 Å². The zero-order chi connectivity index (χ0) is 13.4. The van der Waals surface area contributed by atoms with Crippen molar-refractivity contribution in [3.05, 3.63) is 29.8 Å². The van der Waals surface area contributed by atoms with Gasteiger partial charge in [-0.3, -0.25) is 0 Å². The highest BCUT2D eigenvalue weighted by Crippen LogP contribution is 2.19. The molecule has 0 heterocycles. The van der Waals surface area contributed by atoms with E-state index in [2.05, 4.69) is 19.2 Å². The third-order valence-corrected chi connectivity index (χ3v) is 3.17. The first kappa shape index (κ1) is 14.6. The van der Waals surface area contributed by atoms with Crippen LogP contribution in [0.4, 0.5) is 5.69 Å². The van der Waals surface area contributed by atoms with Crippen LogP contribution in [0.3, 0.4) is 0 Å². The normalized spacial score (nSPS) is 12.1. The largest absolute Gasteiger partial charge is 0.478 e. The Bertz CT molecular complexity index is 377. The van der Waals surface area contributed by atoms with Crippen LogP contribution in [0.2, 0.25) is 0 Å². The Morgan fingerprint density at radius 3 is 2.61 bits per heavy atom. The van der Waals surface area contributed by atoms with Gasteiger partial charge in [0.1, 0.15) is 0 Å². The van der Waals surface area contributed by atoms with E-state index in [4.69, 9.17) is 5.11 Å². The predicted molar refractivity (Wildman–Crippen MR) is 75.2 cm³/mol. The summed E-state index contributed by atoms with van der Waals surface area (Å²) >= 11 is 0. The van der Waals surface area contributed by atoms with E-state index in [0.29, 0.717) is 11.6 Å². The summed E-state index contributed by atoms with van der Waals surface area (Å²) in [4.78, 5) is 11.1. The van der Waals surface area contributed by atoms with Gasteiger partial charge in [0.15, 0.2) is 0 Å². The molecule has 1 aromatic carbocycles. The highest BCUT2D eigenvalue weighted by Gasteiger charge is 2.12. The van der Waals surface area contributed by atoms with E-state index >= 15 is 0 Å². The number of hydrogen-bond acceptors (Lipinski definition) is 2. The molecule has 0 fully saturated rings. The highest BCUT2D eigenvalue weighted by molar-refractivity contribution is 5.94. The van der Waals surface area contributed by atoms with Crippen molar-refractivity contribution in [2.75, 3.05) is 5.32 Å². The topological polar surface area (TPSA) is 49.3 Å². The number of carboxylic acids is 1. The molecule has 0 aliphatic heterocycles. The van der Waals surface area contributed by atoms with E-state index in [-0.39, 0.29) is 0 Å². The van der Waals surface area contributed by atoms with Crippen LogP contribution in [0.5, 0.6) is 0 Å². The van der Waals surface area contributed by atoms with Crippen LogP contribution >= 0.6 is 0 Å². The van der Waals surface area contributed by atoms with Crippen LogP contribution < -0.4 is 5.32 Å². The Kier molecular flexibility index (Phi) is 6.26. The van der Waals surface area contributed by atoms with Crippen molar-refractivity contribution in [3.63, 3.8) is 0 Å². The van der Waals surface area contributed by atoms with Crippen molar-refractivity contribution in [2.45, 2.75) is 52.0 Å². The van der Waals surface area contributed by atoms with Gasteiger partial charge in [0, 0.05) is 11.7 Å². The summed E-state index contributed by atoms with van der Waals surface area (Å²) in [7, 11) is 0. The molecule has 0 amide bonds.